The van der Waals surface area contributed by atoms with E-state index in [2.05, 4.69) is 20.2 Å². The molecular weight excluding hydrogens is 480 g/mol. The Hall–Kier alpha value is -3.98. The molecule has 1 aliphatic carbocycles. The summed E-state index contributed by atoms with van der Waals surface area (Å²) in [6.07, 6.45) is 6.76. The predicted molar refractivity (Wildman–Crippen MR) is 148 cm³/mol. The minimum atomic E-state index is -0.931. The maximum atomic E-state index is 11.1. The Labute approximate surface area is 222 Å². The van der Waals surface area contributed by atoms with Crippen molar-refractivity contribution in [2.75, 3.05) is 10.6 Å². The molecule has 2 atom stereocenters. The van der Waals surface area contributed by atoms with E-state index >= 15 is 0 Å². The Morgan fingerprint density at radius 3 is 2.32 bits per heavy atom. The first-order valence-corrected chi connectivity index (χ1v) is 13.3. The topological polar surface area (TPSA) is 125 Å². The number of carbonyl (C=O) groups is 1. The number of hydrogen-bond donors (Lipinski definition) is 4. The largest absolute Gasteiger partial charge is 0.478 e. The number of aliphatic hydroxyl groups is 1. The quantitative estimate of drug-likeness (QED) is 0.219. The van der Waals surface area contributed by atoms with Crippen molar-refractivity contribution in [3.8, 4) is 11.1 Å². The fourth-order valence-corrected chi connectivity index (χ4v) is 5.09. The SMILES string of the molecule is CC[C@@H](Nc1nc(NCc2ccc(-c3ccc(C(=O)O)cc3)cc2)c2ncn(C3CCCC3)c2n1)C(C)O. The number of hydrogen-bond acceptors (Lipinski definition) is 7. The van der Waals surface area contributed by atoms with E-state index in [1.807, 2.05) is 49.6 Å². The maximum absolute atomic E-state index is 11.1. The van der Waals surface area contributed by atoms with Crippen LogP contribution in [0.1, 0.15) is 67.9 Å². The predicted octanol–water partition coefficient (Wildman–Crippen LogP) is 5.49. The third-order valence-electron chi connectivity index (χ3n) is 7.36. The molecule has 0 saturated heterocycles. The zero-order valence-electron chi connectivity index (χ0n) is 21.8. The molecule has 9 nitrogen and oxygen atoms in total. The van der Waals surface area contributed by atoms with Crippen molar-refractivity contribution in [1.29, 1.82) is 0 Å². The van der Waals surface area contributed by atoms with E-state index in [0.717, 1.165) is 47.1 Å². The standard InChI is InChI=1S/C29H34N6O3/c1-3-24(18(2)36)32-29-33-26(25-27(34-29)35(17-31-25)23-6-4-5-7-23)30-16-19-8-10-20(11-9-19)21-12-14-22(15-13-21)28(37)38/h8-15,17-18,23-24,36H,3-7,16H2,1-2H3,(H,37,38)(H2,30,32,33,34)/t18?,24-/m1/s1. The average molecular weight is 515 g/mol. The lowest BCUT2D eigenvalue weighted by atomic mass is 10.0. The minimum absolute atomic E-state index is 0.153. The number of nitrogens with one attached hydrogen (secondary N) is 2. The van der Waals surface area contributed by atoms with Crippen molar-refractivity contribution in [2.45, 2.75) is 70.7 Å². The molecular formula is C29H34N6O3. The molecule has 1 fully saturated rings. The van der Waals surface area contributed by atoms with Crippen LogP contribution in [0.15, 0.2) is 54.9 Å². The zero-order valence-corrected chi connectivity index (χ0v) is 21.8. The fraction of sp³-hybridized carbons (Fsp3) is 0.379. The zero-order chi connectivity index (χ0) is 26.6. The first-order chi connectivity index (χ1) is 18.4. The van der Waals surface area contributed by atoms with Crippen LogP contribution in [0.25, 0.3) is 22.3 Å². The highest BCUT2D eigenvalue weighted by atomic mass is 16.4. The van der Waals surface area contributed by atoms with Crippen LogP contribution in [-0.4, -0.2) is 47.8 Å². The molecule has 2 heterocycles. The van der Waals surface area contributed by atoms with Crippen LogP contribution in [0.5, 0.6) is 0 Å². The van der Waals surface area contributed by atoms with E-state index in [1.54, 1.807) is 19.1 Å². The Bertz CT molecular complexity index is 1390. The van der Waals surface area contributed by atoms with Gasteiger partial charge in [-0.1, -0.05) is 56.2 Å². The molecule has 0 amide bonds. The third kappa shape index (κ3) is 5.47. The van der Waals surface area contributed by atoms with Crippen molar-refractivity contribution >= 4 is 28.9 Å². The lowest BCUT2D eigenvalue weighted by Crippen LogP contribution is -2.31. The summed E-state index contributed by atoms with van der Waals surface area (Å²) >= 11 is 0. The highest BCUT2D eigenvalue weighted by Crippen LogP contribution is 2.33. The molecule has 1 saturated carbocycles. The highest BCUT2D eigenvalue weighted by molar-refractivity contribution is 5.88. The molecule has 0 aliphatic heterocycles. The molecule has 1 aliphatic rings. The lowest BCUT2D eigenvalue weighted by Gasteiger charge is -2.20. The molecule has 198 valence electrons. The van der Waals surface area contributed by atoms with Crippen LogP contribution < -0.4 is 10.6 Å². The Kier molecular flexibility index (Phi) is 7.55. The van der Waals surface area contributed by atoms with E-state index in [0.29, 0.717) is 24.4 Å². The normalized spacial score (nSPS) is 15.4. The van der Waals surface area contributed by atoms with Gasteiger partial charge in [0.25, 0.3) is 0 Å². The Balaban J connectivity index is 1.38. The van der Waals surface area contributed by atoms with Crippen LogP contribution in [0.4, 0.5) is 11.8 Å². The van der Waals surface area contributed by atoms with Gasteiger partial charge in [-0.25, -0.2) is 9.78 Å². The Morgan fingerprint density at radius 2 is 1.71 bits per heavy atom. The monoisotopic (exact) mass is 514 g/mol. The van der Waals surface area contributed by atoms with Gasteiger partial charge in [0.15, 0.2) is 17.0 Å². The van der Waals surface area contributed by atoms with E-state index in [4.69, 9.17) is 15.1 Å². The van der Waals surface area contributed by atoms with Crippen molar-refractivity contribution in [1.82, 2.24) is 19.5 Å². The second-order valence-electron chi connectivity index (χ2n) is 9.99. The van der Waals surface area contributed by atoms with E-state index in [9.17, 15) is 9.90 Å². The number of carboxylic acids is 1. The number of rotatable bonds is 10. The van der Waals surface area contributed by atoms with Gasteiger partial charge in [-0.2, -0.15) is 9.97 Å². The highest BCUT2D eigenvalue weighted by Gasteiger charge is 2.23. The molecule has 2 aromatic heterocycles. The van der Waals surface area contributed by atoms with E-state index < -0.39 is 12.1 Å². The van der Waals surface area contributed by atoms with Gasteiger partial charge in [0, 0.05) is 12.6 Å². The van der Waals surface area contributed by atoms with Crippen LogP contribution in [0.2, 0.25) is 0 Å². The van der Waals surface area contributed by atoms with Crippen LogP contribution >= 0.6 is 0 Å². The van der Waals surface area contributed by atoms with Gasteiger partial charge in [0.2, 0.25) is 5.95 Å². The molecule has 38 heavy (non-hydrogen) atoms. The summed E-state index contributed by atoms with van der Waals surface area (Å²) in [5.41, 5.74) is 4.86. The van der Waals surface area contributed by atoms with Gasteiger partial charge in [-0.05, 0) is 55.0 Å². The average Bonchev–Trinajstić information content (AvgIpc) is 3.61. The molecule has 0 radical (unpaired) electrons. The van der Waals surface area contributed by atoms with Gasteiger partial charge in [-0.3, -0.25) is 0 Å². The second kappa shape index (κ2) is 11.2. The number of fused-ring (bicyclic) bond motifs is 1. The summed E-state index contributed by atoms with van der Waals surface area (Å²) in [7, 11) is 0. The smallest absolute Gasteiger partial charge is 0.335 e. The first kappa shape index (κ1) is 25.7. The number of aromatic nitrogens is 4. The van der Waals surface area contributed by atoms with Gasteiger partial charge in [0.1, 0.15) is 0 Å². The van der Waals surface area contributed by atoms with E-state index in [1.165, 1.54) is 12.8 Å². The number of aliphatic hydroxyl groups excluding tert-OH is 1. The van der Waals surface area contributed by atoms with Gasteiger partial charge in [0.05, 0.1) is 24.0 Å². The van der Waals surface area contributed by atoms with Crippen LogP contribution in [0, 0.1) is 0 Å². The number of carboxylic acid groups (broad SMARTS) is 1. The summed E-state index contributed by atoms with van der Waals surface area (Å²) in [4.78, 5) is 25.4. The molecule has 4 N–H and O–H groups in total. The summed E-state index contributed by atoms with van der Waals surface area (Å²) in [6, 6.07) is 15.3. The first-order valence-electron chi connectivity index (χ1n) is 13.3. The number of anilines is 2. The summed E-state index contributed by atoms with van der Waals surface area (Å²) in [5.74, 6) is 0.204. The summed E-state index contributed by atoms with van der Waals surface area (Å²) in [5, 5.41) is 26.0. The van der Waals surface area contributed by atoms with Crippen molar-refractivity contribution in [3.63, 3.8) is 0 Å². The molecule has 0 spiro atoms. The third-order valence-corrected chi connectivity index (χ3v) is 7.36. The van der Waals surface area contributed by atoms with Crippen LogP contribution in [0.3, 0.4) is 0 Å². The number of imidazole rings is 1. The van der Waals surface area contributed by atoms with Gasteiger partial charge in [-0.15, -0.1) is 0 Å². The molecule has 0 bridgehead atoms. The minimum Gasteiger partial charge on any atom is -0.478 e. The number of aromatic carboxylic acids is 1. The van der Waals surface area contributed by atoms with Crippen molar-refractivity contribution < 1.29 is 15.0 Å². The van der Waals surface area contributed by atoms with Crippen LogP contribution in [-0.2, 0) is 6.54 Å². The fourth-order valence-electron chi connectivity index (χ4n) is 5.09. The van der Waals surface area contributed by atoms with Crippen molar-refractivity contribution in [2.24, 2.45) is 0 Å². The molecule has 5 rings (SSSR count). The van der Waals surface area contributed by atoms with E-state index in [-0.39, 0.29) is 11.6 Å². The summed E-state index contributed by atoms with van der Waals surface area (Å²) < 4.78 is 2.17. The Morgan fingerprint density at radius 1 is 1.05 bits per heavy atom. The molecule has 1 unspecified atom stereocenters. The molecule has 9 heteroatoms. The van der Waals surface area contributed by atoms with Gasteiger partial charge >= 0.3 is 5.97 Å². The number of nitrogens with zero attached hydrogens (tertiary/aromatic N) is 4. The lowest BCUT2D eigenvalue weighted by molar-refractivity contribution is 0.0697. The molecule has 2 aromatic carbocycles. The van der Waals surface area contributed by atoms with Crippen molar-refractivity contribution in [3.05, 3.63) is 66.0 Å². The summed E-state index contributed by atoms with van der Waals surface area (Å²) in [6.45, 7) is 4.34. The number of benzene rings is 2. The van der Waals surface area contributed by atoms with Gasteiger partial charge < -0.3 is 25.4 Å². The second-order valence-corrected chi connectivity index (χ2v) is 9.99. The molecule has 4 aromatic rings. The maximum Gasteiger partial charge on any atom is 0.335 e.